The van der Waals surface area contributed by atoms with Crippen LogP contribution in [0.3, 0.4) is 0 Å². The zero-order valence-corrected chi connectivity index (χ0v) is 53.3. The molecule has 0 radical (unpaired) electrons. The maximum Gasteiger partial charge on any atom is 0.0618 e. The maximum atomic E-state index is 4.47. The Morgan fingerprint density at radius 1 is 0.226 bits per heavy atom. The molecule has 16 rings (SSSR count). The van der Waals surface area contributed by atoms with Crippen molar-refractivity contribution in [3.63, 3.8) is 0 Å². The van der Waals surface area contributed by atoms with E-state index in [0.717, 1.165) is 47.0 Å². The largest absolute Gasteiger partial charge is 0.309 e. The SMILES string of the molecule is SCCCCCCCCCCc1ccc2c(N(c3ccc(-c4cccc5ccccc45)cc3)c3ccc4ccccc4c3)c3ccccc3c(-c3c4ccccc4c(N(c4ccc(-c5cccc6ccccc56)cc4)c4ccc5ccccc5c4)c4ccccc34)c2c1. The van der Waals surface area contributed by atoms with Crippen molar-refractivity contribution in [3.8, 4) is 33.4 Å². The van der Waals surface area contributed by atoms with Gasteiger partial charge < -0.3 is 9.80 Å². The molecule has 0 aliphatic rings. The van der Waals surface area contributed by atoms with Crippen molar-refractivity contribution in [1.82, 2.24) is 0 Å². The molecule has 0 spiro atoms. The molecule has 0 unspecified atom stereocenters. The highest BCUT2D eigenvalue weighted by atomic mass is 32.1. The average molecular weight is 1210 g/mol. The summed E-state index contributed by atoms with van der Waals surface area (Å²) in [6.45, 7) is 0. The molecule has 3 heteroatoms. The lowest BCUT2D eigenvalue weighted by molar-refractivity contribution is 0.577. The lowest BCUT2D eigenvalue weighted by Crippen LogP contribution is -2.12. The van der Waals surface area contributed by atoms with Gasteiger partial charge in [-0.3, -0.25) is 0 Å². The Bertz CT molecular complexity index is 5370. The summed E-state index contributed by atoms with van der Waals surface area (Å²) in [5, 5.41) is 19.5. The van der Waals surface area contributed by atoms with Crippen molar-refractivity contribution in [2.24, 2.45) is 0 Å². The van der Waals surface area contributed by atoms with E-state index in [1.807, 2.05) is 0 Å². The monoisotopic (exact) mass is 1210 g/mol. The highest BCUT2D eigenvalue weighted by Gasteiger charge is 2.28. The van der Waals surface area contributed by atoms with Gasteiger partial charge in [-0.1, -0.05) is 299 Å². The molecule has 0 saturated carbocycles. The highest BCUT2D eigenvalue weighted by Crippen LogP contribution is 2.54. The van der Waals surface area contributed by atoms with Crippen LogP contribution in [0.5, 0.6) is 0 Å². The molecule has 0 saturated heterocycles. The fraction of sp³-hybridized carbons (Fsp3) is 0.111. The summed E-state index contributed by atoms with van der Waals surface area (Å²) in [6.07, 6.45) is 11.1. The first-order chi connectivity index (χ1) is 46.1. The topological polar surface area (TPSA) is 6.48 Å². The van der Waals surface area contributed by atoms with E-state index in [1.165, 1.54) is 176 Å². The smallest absolute Gasteiger partial charge is 0.0618 e. The summed E-state index contributed by atoms with van der Waals surface area (Å²) >= 11 is 4.47. The number of thiol groups is 1. The molecule has 0 aliphatic heterocycles. The summed E-state index contributed by atoms with van der Waals surface area (Å²) in [7, 11) is 0. The lowest BCUT2D eigenvalue weighted by Gasteiger charge is -2.32. The van der Waals surface area contributed by atoms with Gasteiger partial charge in [-0.15, -0.1) is 0 Å². The third kappa shape index (κ3) is 11.0. The summed E-state index contributed by atoms with van der Waals surface area (Å²) < 4.78 is 0. The molecular formula is C90H72N2S. The van der Waals surface area contributed by atoms with Crippen LogP contribution < -0.4 is 9.80 Å². The van der Waals surface area contributed by atoms with Crippen molar-refractivity contribution in [2.45, 2.75) is 57.8 Å². The molecule has 0 N–H and O–H groups in total. The number of unbranched alkanes of at least 4 members (excludes halogenated alkanes) is 7. The Kier molecular flexibility index (Phi) is 15.9. The fourth-order valence-electron chi connectivity index (χ4n) is 15.0. The lowest BCUT2D eigenvalue weighted by atomic mass is 9.83. The van der Waals surface area contributed by atoms with Crippen molar-refractivity contribution in [1.29, 1.82) is 0 Å². The number of anilines is 6. The van der Waals surface area contributed by atoms with E-state index in [-0.39, 0.29) is 0 Å². The van der Waals surface area contributed by atoms with Crippen molar-refractivity contribution >= 4 is 133 Å². The van der Waals surface area contributed by atoms with E-state index in [4.69, 9.17) is 0 Å². The predicted octanol–water partition coefficient (Wildman–Crippen LogP) is 26.4. The molecule has 16 aromatic rings. The van der Waals surface area contributed by atoms with Crippen LogP contribution >= 0.6 is 12.6 Å². The Hall–Kier alpha value is -10.5. The number of fused-ring (bicyclic) bond motifs is 8. The minimum absolute atomic E-state index is 0.984. The summed E-state index contributed by atoms with van der Waals surface area (Å²) in [5.74, 6) is 0.984. The molecule has 0 aromatic heterocycles. The Morgan fingerprint density at radius 3 is 1.02 bits per heavy atom. The van der Waals surface area contributed by atoms with Crippen LogP contribution in [-0.2, 0) is 6.42 Å². The van der Waals surface area contributed by atoms with Crippen molar-refractivity contribution in [3.05, 3.63) is 315 Å². The van der Waals surface area contributed by atoms with Crippen molar-refractivity contribution < 1.29 is 0 Å². The second-order valence-electron chi connectivity index (χ2n) is 25.1. The molecule has 2 nitrogen and oxygen atoms in total. The normalized spacial score (nSPS) is 11.7. The summed E-state index contributed by atoms with van der Waals surface area (Å²) in [5.41, 5.74) is 15.4. The van der Waals surface area contributed by atoms with E-state index in [9.17, 15) is 0 Å². The first kappa shape index (κ1) is 57.7. The molecule has 448 valence electrons. The van der Waals surface area contributed by atoms with Gasteiger partial charge in [0.15, 0.2) is 0 Å². The van der Waals surface area contributed by atoms with Crippen LogP contribution in [0.25, 0.3) is 120 Å². The number of nitrogens with zero attached hydrogens (tertiary/aromatic N) is 2. The van der Waals surface area contributed by atoms with Gasteiger partial charge in [0.1, 0.15) is 0 Å². The third-order valence-corrected chi connectivity index (χ3v) is 19.8. The van der Waals surface area contributed by atoms with Gasteiger partial charge in [0.25, 0.3) is 0 Å². The van der Waals surface area contributed by atoms with Gasteiger partial charge >= 0.3 is 0 Å². The number of benzene rings is 16. The first-order valence-electron chi connectivity index (χ1n) is 33.4. The Labute approximate surface area is 551 Å². The van der Waals surface area contributed by atoms with Gasteiger partial charge in [0, 0.05) is 44.3 Å². The fourth-order valence-corrected chi connectivity index (χ4v) is 15.2. The van der Waals surface area contributed by atoms with Crippen LogP contribution in [0.15, 0.2) is 309 Å². The molecule has 0 fully saturated rings. The number of rotatable bonds is 19. The number of aryl methyl sites for hydroxylation is 1. The maximum absolute atomic E-state index is 4.47. The van der Waals surface area contributed by atoms with Crippen LogP contribution in [0.2, 0.25) is 0 Å². The van der Waals surface area contributed by atoms with Crippen LogP contribution in [-0.4, -0.2) is 5.75 Å². The van der Waals surface area contributed by atoms with Crippen LogP contribution in [0.1, 0.15) is 56.9 Å². The first-order valence-corrected chi connectivity index (χ1v) is 34.0. The van der Waals surface area contributed by atoms with Gasteiger partial charge in [-0.25, -0.2) is 0 Å². The molecule has 16 aromatic carbocycles. The van der Waals surface area contributed by atoms with Gasteiger partial charge in [0.05, 0.1) is 11.4 Å². The third-order valence-electron chi connectivity index (χ3n) is 19.5. The average Bonchev–Trinajstić information content (AvgIpc) is 0.715. The molecule has 93 heavy (non-hydrogen) atoms. The molecule has 0 amide bonds. The van der Waals surface area contributed by atoms with E-state index < -0.39 is 0 Å². The van der Waals surface area contributed by atoms with Crippen LogP contribution in [0, 0.1) is 0 Å². The Balaban J connectivity index is 0.927. The molecule has 0 atom stereocenters. The van der Waals surface area contributed by atoms with Gasteiger partial charge in [-0.05, 0) is 177 Å². The number of hydrogen-bond acceptors (Lipinski definition) is 3. The molecule has 0 aliphatic carbocycles. The zero-order chi connectivity index (χ0) is 62.0. The predicted molar refractivity (Wildman–Crippen MR) is 407 cm³/mol. The molecular weight excluding hydrogens is 1140 g/mol. The second kappa shape index (κ2) is 25.7. The van der Waals surface area contributed by atoms with E-state index in [1.54, 1.807) is 0 Å². The van der Waals surface area contributed by atoms with Gasteiger partial charge in [0.2, 0.25) is 0 Å². The van der Waals surface area contributed by atoms with E-state index in [2.05, 4.69) is 332 Å². The zero-order valence-electron chi connectivity index (χ0n) is 52.4. The second-order valence-corrected chi connectivity index (χ2v) is 25.6. The minimum Gasteiger partial charge on any atom is -0.309 e. The summed E-state index contributed by atoms with van der Waals surface area (Å²) in [4.78, 5) is 5.08. The van der Waals surface area contributed by atoms with Crippen molar-refractivity contribution in [2.75, 3.05) is 15.6 Å². The summed E-state index contributed by atoms with van der Waals surface area (Å²) in [6, 6.07) is 116. The highest BCUT2D eigenvalue weighted by molar-refractivity contribution is 7.80. The molecule has 0 bridgehead atoms. The quantitative estimate of drug-likeness (QED) is 0.0490. The number of hydrogen-bond donors (Lipinski definition) is 1. The minimum atomic E-state index is 0.984. The van der Waals surface area contributed by atoms with E-state index >= 15 is 0 Å². The Morgan fingerprint density at radius 2 is 0.570 bits per heavy atom. The van der Waals surface area contributed by atoms with Gasteiger partial charge in [-0.2, -0.15) is 12.6 Å². The standard InChI is InChI=1S/C90H72N2S/c93-58-22-6-4-2-1-3-5-7-25-62-44-57-85-86(59-62)88(81-38-18-21-41-84(81)90(85)92(74-56-46-64-27-9-11-31-70(64)61-74)72-53-49-68(50-54-72)78-43-24-33-66-29-13-15-35-76(66)78)87-79-36-16-19-39-82(79)89(83-40-20-17-37-80(83)87)91(73-55-45-63-26-8-10-30-69(63)60-73)71-51-47-67(48-52-71)77-42-23-32-65-28-12-14-34-75(65)77/h8-21,23-24,26-57,59-61,93H,1-7,22,25,58H2. The molecule has 0 heterocycles. The van der Waals surface area contributed by atoms with Crippen LogP contribution in [0.4, 0.5) is 34.1 Å². The van der Waals surface area contributed by atoms with E-state index in [0.29, 0.717) is 0 Å².